The molecule has 2 rings (SSSR count). The predicted octanol–water partition coefficient (Wildman–Crippen LogP) is 3.61. The molecular weight excluding hydrogens is 489 g/mol. The average molecular weight is 523 g/mol. The molecule has 0 amide bonds. The second kappa shape index (κ2) is 11.8. The third-order valence-corrected chi connectivity index (χ3v) is 6.37. The maximum Gasteiger partial charge on any atom is 0.191 e. The number of hydrogen-bond acceptors (Lipinski definition) is 4. The van der Waals surface area contributed by atoms with Crippen LogP contribution in [0.2, 0.25) is 0 Å². The van der Waals surface area contributed by atoms with Gasteiger partial charge < -0.3 is 15.4 Å². The fraction of sp³-hybridized carbons (Fsp3) is 0.650. The van der Waals surface area contributed by atoms with Gasteiger partial charge in [-0.15, -0.1) is 24.0 Å². The number of rotatable bonds is 9. The largest absolute Gasteiger partial charge is 0.492 e. The van der Waals surface area contributed by atoms with Crippen molar-refractivity contribution in [3.05, 3.63) is 24.3 Å². The summed E-state index contributed by atoms with van der Waals surface area (Å²) in [6, 6.07) is 6.49. The van der Waals surface area contributed by atoms with Gasteiger partial charge in [-0.3, -0.25) is 4.99 Å². The van der Waals surface area contributed by atoms with E-state index in [1.165, 1.54) is 38.4 Å². The maximum absolute atomic E-state index is 11.5. The Morgan fingerprint density at radius 1 is 1.14 bits per heavy atom. The van der Waals surface area contributed by atoms with Gasteiger partial charge in [-0.2, -0.15) is 0 Å². The number of aliphatic imine (C=N–C) groups is 1. The molecule has 0 unspecified atom stereocenters. The van der Waals surface area contributed by atoms with E-state index in [-0.39, 0.29) is 24.0 Å². The van der Waals surface area contributed by atoms with Crippen LogP contribution >= 0.6 is 24.0 Å². The van der Waals surface area contributed by atoms with Gasteiger partial charge in [-0.25, -0.2) is 8.42 Å². The summed E-state index contributed by atoms with van der Waals surface area (Å²) in [4.78, 5) is 5.09. The Morgan fingerprint density at radius 3 is 2.32 bits per heavy atom. The van der Waals surface area contributed by atoms with E-state index in [1.807, 2.05) is 0 Å². The molecule has 0 aromatic heterocycles. The fourth-order valence-corrected chi connectivity index (χ4v) is 4.09. The van der Waals surface area contributed by atoms with Crippen molar-refractivity contribution in [2.24, 2.45) is 10.4 Å². The molecule has 0 heterocycles. The Labute approximate surface area is 186 Å². The van der Waals surface area contributed by atoms with Gasteiger partial charge in [0.2, 0.25) is 0 Å². The normalized spacial score (nSPS) is 16.3. The zero-order valence-corrected chi connectivity index (χ0v) is 20.3. The zero-order chi connectivity index (χ0) is 19.8. The maximum atomic E-state index is 11.5. The average Bonchev–Trinajstić information content (AvgIpc) is 3.12. The third kappa shape index (κ3) is 7.77. The molecule has 1 saturated carbocycles. The Kier molecular flexibility index (Phi) is 10.6. The molecule has 1 aliphatic rings. The summed E-state index contributed by atoms with van der Waals surface area (Å²) >= 11 is 0. The molecule has 1 fully saturated rings. The smallest absolute Gasteiger partial charge is 0.191 e. The van der Waals surface area contributed by atoms with Crippen LogP contribution in [0.3, 0.4) is 0 Å². The van der Waals surface area contributed by atoms with E-state index in [0.717, 1.165) is 19.0 Å². The van der Waals surface area contributed by atoms with Crippen LogP contribution in [0, 0.1) is 5.41 Å². The first-order valence-electron chi connectivity index (χ1n) is 9.84. The van der Waals surface area contributed by atoms with Gasteiger partial charge in [0.1, 0.15) is 12.4 Å². The lowest BCUT2D eigenvalue weighted by molar-refractivity contribution is 0.296. The number of nitrogens with one attached hydrogen (secondary N) is 2. The summed E-state index contributed by atoms with van der Waals surface area (Å²) in [6.07, 6.45) is 7.57. The van der Waals surface area contributed by atoms with Crippen molar-refractivity contribution in [2.75, 3.05) is 32.5 Å². The lowest BCUT2D eigenvalue weighted by Crippen LogP contribution is -2.40. The fourth-order valence-electron chi connectivity index (χ4n) is 3.46. The van der Waals surface area contributed by atoms with Crippen LogP contribution in [-0.4, -0.2) is 46.9 Å². The summed E-state index contributed by atoms with van der Waals surface area (Å²) in [6.45, 7) is 7.11. The van der Waals surface area contributed by atoms with Gasteiger partial charge in [-0.05, 0) is 55.9 Å². The standard InChI is InChI=1S/C20H33N3O3S.HI/c1-4-20(12-6-7-13-20)16-23-19(21-5-2)22-14-15-26-17-8-10-18(11-9-17)27(3,24)25;/h8-11H,4-7,12-16H2,1-3H3,(H2,21,22,23);1H. The highest BCUT2D eigenvalue weighted by atomic mass is 127. The van der Waals surface area contributed by atoms with Crippen LogP contribution in [0.4, 0.5) is 0 Å². The van der Waals surface area contributed by atoms with Crippen LogP contribution in [0.5, 0.6) is 5.75 Å². The molecule has 28 heavy (non-hydrogen) atoms. The molecule has 1 aliphatic carbocycles. The van der Waals surface area contributed by atoms with Crippen molar-refractivity contribution in [1.82, 2.24) is 10.6 Å². The minimum absolute atomic E-state index is 0. The van der Waals surface area contributed by atoms with Crippen LogP contribution < -0.4 is 15.4 Å². The number of hydrogen-bond donors (Lipinski definition) is 2. The van der Waals surface area contributed by atoms with E-state index >= 15 is 0 Å². The summed E-state index contributed by atoms with van der Waals surface area (Å²) < 4.78 is 28.6. The molecule has 0 spiro atoms. The van der Waals surface area contributed by atoms with E-state index < -0.39 is 9.84 Å². The first kappa shape index (κ1) is 25.0. The lowest BCUT2D eigenvalue weighted by Gasteiger charge is -2.25. The Balaban J connectivity index is 0.00000392. The Bertz CT molecular complexity index is 715. The lowest BCUT2D eigenvalue weighted by atomic mass is 9.84. The molecular formula is C20H34IN3O3S. The summed E-state index contributed by atoms with van der Waals surface area (Å²) in [7, 11) is -3.18. The quantitative estimate of drug-likeness (QED) is 0.224. The van der Waals surface area contributed by atoms with Crippen molar-refractivity contribution in [3.8, 4) is 5.75 Å². The second-order valence-electron chi connectivity index (χ2n) is 7.27. The van der Waals surface area contributed by atoms with Gasteiger partial charge >= 0.3 is 0 Å². The van der Waals surface area contributed by atoms with Crippen LogP contribution in [0.25, 0.3) is 0 Å². The van der Waals surface area contributed by atoms with E-state index in [1.54, 1.807) is 24.3 Å². The molecule has 0 saturated heterocycles. The third-order valence-electron chi connectivity index (χ3n) is 5.25. The van der Waals surface area contributed by atoms with Crippen LogP contribution in [-0.2, 0) is 9.84 Å². The minimum atomic E-state index is -3.18. The zero-order valence-electron chi connectivity index (χ0n) is 17.2. The molecule has 1 aromatic rings. The van der Waals surface area contributed by atoms with Gasteiger partial charge in [0.05, 0.1) is 11.4 Å². The van der Waals surface area contributed by atoms with Crippen LogP contribution in [0.15, 0.2) is 34.2 Å². The van der Waals surface area contributed by atoms with Gasteiger partial charge in [0, 0.05) is 19.3 Å². The van der Waals surface area contributed by atoms with E-state index in [0.29, 0.717) is 29.2 Å². The minimum Gasteiger partial charge on any atom is -0.492 e. The first-order chi connectivity index (χ1) is 12.9. The molecule has 2 N–H and O–H groups in total. The number of guanidine groups is 1. The number of benzene rings is 1. The second-order valence-corrected chi connectivity index (χ2v) is 9.29. The number of ether oxygens (including phenoxy) is 1. The topological polar surface area (TPSA) is 79.8 Å². The first-order valence-corrected chi connectivity index (χ1v) is 11.7. The highest BCUT2D eigenvalue weighted by Crippen LogP contribution is 2.41. The SMILES string of the molecule is CCNC(=NCC1(CC)CCCC1)NCCOc1ccc(S(C)(=O)=O)cc1.I. The van der Waals surface area contributed by atoms with E-state index in [2.05, 4.69) is 24.5 Å². The Hall–Kier alpha value is -1.03. The molecule has 6 nitrogen and oxygen atoms in total. The van der Waals surface area contributed by atoms with Gasteiger partial charge in [-0.1, -0.05) is 19.8 Å². The molecule has 8 heteroatoms. The summed E-state index contributed by atoms with van der Waals surface area (Å²) in [5, 5.41) is 6.60. The van der Waals surface area contributed by atoms with Crippen molar-refractivity contribution < 1.29 is 13.2 Å². The highest BCUT2D eigenvalue weighted by molar-refractivity contribution is 14.0. The van der Waals surface area contributed by atoms with Crippen LogP contribution in [0.1, 0.15) is 46.0 Å². The number of nitrogens with zero attached hydrogens (tertiary/aromatic N) is 1. The number of sulfone groups is 1. The van der Waals surface area contributed by atoms with Crippen molar-refractivity contribution >= 4 is 39.8 Å². The molecule has 160 valence electrons. The molecule has 1 aromatic carbocycles. The highest BCUT2D eigenvalue weighted by Gasteiger charge is 2.31. The molecule has 0 bridgehead atoms. The molecule has 0 aliphatic heterocycles. The summed E-state index contributed by atoms with van der Waals surface area (Å²) in [5.41, 5.74) is 0.375. The molecule has 0 atom stereocenters. The summed E-state index contributed by atoms with van der Waals surface area (Å²) in [5.74, 6) is 1.48. The van der Waals surface area contributed by atoms with E-state index in [9.17, 15) is 8.42 Å². The van der Waals surface area contributed by atoms with Crippen molar-refractivity contribution in [1.29, 1.82) is 0 Å². The predicted molar refractivity (Wildman–Crippen MR) is 126 cm³/mol. The van der Waals surface area contributed by atoms with E-state index in [4.69, 9.17) is 9.73 Å². The monoisotopic (exact) mass is 523 g/mol. The van der Waals surface area contributed by atoms with Crippen molar-refractivity contribution in [2.45, 2.75) is 50.8 Å². The molecule has 0 radical (unpaired) electrons. The van der Waals surface area contributed by atoms with Gasteiger partial charge in [0.15, 0.2) is 15.8 Å². The number of halogens is 1. The Morgan fingerprint density at radius 2 is 1.79 bits per heavy atom. The van der Waals surface area contributed by atoms with Crippen molar-refractivity contribution in [3.63, 3.8) is 0 Å². The van der Waals surface area contributed by atoms with Gasteiger partial charge in [0.25, 0.3) is 0 Å².